The first-order valence-electron chi connectivity index (χ1n) is 14.4. The van der Waals surface area contributed by atoms with Gasteiger partial charge in [0, 0.05) is 22.2 Å². The average Bonchev–Trinajstić information content (AvgIpc) is 2.99. The summed E-state index contributed by atoms with van der Waals surface area (Å²) in [6.45, 7) is 6.57. The minimum Gasteiger partial charge on any atom is -0.497 e. The topological polar surface area (TPSA) is 98.8 Å². The van der Waals surface area contributed by atoms with E-state index < -0.39 is 50.2 Å². The van der Waals surface area contributed by atoms with Crippen LogP contribution in [0.3, 0.4) is 0 Å². The molecule has 4 aromatic carbocycles. The second kappa shape index (κ2) is 13.8. The number of halogens is 4. The van der Waals surface area contributed by atoms with Gasteiger partial charge in [0.05, 0.1) is 17.6 Å². The number of ether oxygens (including phenoxy) is 2. The van der Waals surface area contributed by atoms with Crippen molar-refractivity contribution in [1.29, 1.82) is 0 Å². The molecular weight excluding hydrogens is 655 g/mol. The van der Waals surface area contributed by atoms with Gasteiger partial charge in [0.15, 0.2) is 15.6 Å². The highest BCUT2D eigenvalue weighted by Crippen LogP contribution is 2.43. The standard InChI is InChI=1S/C35H33ClF3NO6S/c1-21-6-17-27(18-7-21)47(43,44)32(31(41)23-10-15-26(45-5)16-11-23)30(22-8-13-25(36)14-9-22)28-20-24(35(37,38)39)12-19-29(28)40-33(42)46-34(2,3)4/h6-20,30,32H,1-5H3,(H,40,42). The number of nitrogens with one attached hydrogen (secondary N) is 1. The lowest BCUT2D eigenvalue weighted by Gasteiger charge is -2.30. The molecule has 0 saturated heterocycles. The zero-order chi connectivity index (χ0) is 34.7. The molecule has 0 aliphatic carbocycles. The third-order valence-corrected chi connectivity index (χ3v) is 9.53. The fraction of sp³-hybridized carbons (Fsp3) is 0.257. The highest BCUT2D eigenvalue weighted by atomic mass is 35.5. The van der Waals surface area contributed by atoms with Gasteiger partial charge in [0.2, 0.25) is 0 Å². The van der Waals surface area contributed by atoms with Gasteiger partial charge in [-0.25, -0.2) is 13.2 Å². The van der Waals surface area contributed by atoms with Gasteiger partial charge in [-0.2, -0.15) is 13.2 Å². The van der Waals surface area contributed by atoms with Crippen molar-refractivity contribution in [2.75, 3.05) is 12.4 Å². The Hall–Kier alpha value is -4.35. The summed E-state index contributed by atoms with van der Waals surface area (Å²) in [7, 11) is -3.23. The Labute approximate surface area is 276 Å². The Kier molecular flexibility index (Phi) is 10.4. The number of methoxy groups -OCH3 is 1. The molecule has 248 valence electrons. The molecule has 47 heavy (non-hydrogen) atoms. The number of rotatable bonds is 9. The minimum atomic E-state index is -4.85. The van der Waals surface area contributed by atoms with Crippen molar-refractivity contribution in [3.8, 4) is 5.75 Å². The first-order valence-corrected chi connectivity index (χ1v) is 16.3. The summed E-state index contributed by atoms with van der Waals surface area (Å²) in [4.78, 5) is 27.2. The van der Waals surface area contributed by atoms with Crippen molar-refractivity contribution in [2.45, 2.75) is 55.5 Å². The molecule has 0 saturated carbocycles. The van der Waals surface area contributed by atoms with Gasteiger partial charge in [-0.05, 0) is 106 Å². The van der Waals surface area contributed by atoms with E-state index in [1.165, 1.54) is 67.8 Å². The number of anilines is 1. The lowest BCUT2D eigenvalue weighted by Crippen LogP contribution is -2.38. The van der Waals surface area contributed by atoms with E-state index in [4.69, 9.17) is 21.1 Å². The first kappa shape index (κ1) is 35.5. The van der Waals surface area contributed by atoms with Gasteiger partial charge in [0.1, 0.15) is 16.6 Å². The molecule has 4 aromatic rings. The molecule has 0 aromatic heterocycles. The molecule has 4 rings (SSSR count). The van der Waals surface area contributed by atoms with Crippen LogP contribution in [0.1, 0.15) is 59.3 Å². The van der Waals surface area contributed by atoms with E-state index in [9.17, 15) is 31.2 Å². The van der Waals surface area contributed by atoms with E-state index in [0.29, 0.717) is 5.75 Å². The van der Waals surface area contributed by atoms with E-state index in [1.807, 2.05) is 0 Å². The second-order valence-corrected chi connectivity index (χ2v) is 14.3. The monoisotopic (exact) mass is 687 g/mol. The highest BCUT2D eigenvalue weighted by molar-refractivity contribution is 7.93. The summed E-state index contributed by atoms with van der Waals surface area (Å²) >= 11 is 6.16. The largest absolute Gasteiger partial charge is 0.497 e. The number of ketones is 1. The summed E-state index contributed by atoms with van der Waals surface area (Å²) in [6.07, 6.45) is -5.84. The van der Waals surface area contributed by atoms with Crippen LogP contribution in [0.2, 0.25) is 5.02 Å². The summed E-state index contributed by atoms with van der Waals surface area (Å²) in [5.41, 5.74) is -1.67. The van der Waals surface area contributed by atoms with E-state index in [2.05, 4.69) is 5.32 Å². The van der Waals surface area contributed by atoms with Crippen LogP contribution in [0.4, 0.5) is 23.7 Å². The van der Waals surface area contributed by atoms with Crippen LogP contribution in [0.15, 0.2) is 95.9 Å². The fourth-order valence-electron chi connectivity index (χ4n) is 4.98. The number of aryl methyl sites for hydroxylation is 1. The molecule has 0 heterocycles. The number of hydrogen-bond donors (Lipinski definition) is 1. The molecule has 2 atom stereocenters. The number of Topliss-reactive ketones (excluding diaryl/α,β-unsaturated/α-hetero) is 1. The number of carbonyl (C=O) groups excluding carboxylic acids is 2. The number of alkyl halides is 3. The van der Waals surface area contributed by atoms with E-state index in [0.717, 1.165) is 23.8 Å². The third-order valence-electron chi connectivity index (χ3n) is 7.20. The Morgan fingerprint density at radius 3 is 1.98 bits per heavy atom. The van der Waals surface area contributed by atoms with E-state index in [-0.39, 0.29) is 32.3 Å². The maximum atomic E-state index is 14.6. The predicted molar refractivity (Wildman–Crippen MR) is 174 cm³/mol. The molecule has 2 unspecified atom stereocenters. The molecule has 0 bridgehead atoms. The van der Waals surface area contributed by atoms with Crippen molar-refractivity contribution in [1.82, 2.24) is 0 Å². The molecular formula is C35H33ClF3NO6S. The zero-order valence-electron chi connectivity index (χ0n) is 26.2. The Morgan fingerprint density at radius 1 is 0.851 bits per heavy atom. The summed E-state index contributed by atoms with van der Waals surface area (Å²) in [5, 5.41) is 0.733. The number of hydrogen-bond acceptors (Lipinski definition) is 6. The quantitative estimate of drug-likeness (QED) is 0.177. The number of carbonyl (C=O) groups is 2. The zero-order valence-corrected chi connectivity index (χ0v) is 27.8. The van der Waals surface area contributed by atoms with Crippen molar-refractivity contribution in [3.63, 3.8) is 0 Å². The molecule has 0 aliphatic rings. The first-order chi connectivity index (χ1) is 21.9. The van der Waals surface area contributed by atoms with E-state index in [1.54, 1.807) is 39.8 Å². The summed E-state index contributed by atoms with van der Waals surface area (Å²) in [5.74, 6) is -2.08. The lowest BCUT2D eigenvalue weighted by atomic mass is 9.83. The average molecular weight is 688 g/mol. The van der Waals surface area contributed by atoms with Gasteiger partial charge in [-0.1, -0.05) is 41.4 Å². The Balaban J connectivity index is 2.08. The normalized spacial score (nSPS) is 13.4. The molecule has 0 fully saturated rings. The van der Waals surface area contributed by atoms with Gasteiger partial charge in [-0.15, -0.1) is 0 Å². The van der Waals surface area contributed by atoms with E-state index >= 15 is 0 Å². The van der Waals surface area contributed by atoms with Crippen molar-refractivity contribution in [2.24, 2.45) is 0 Å². The van der Waals surface area contributed by atoms with Crippen LogP contribution in [0.25, 0.3) is 0 Å². The van der Waals surface area contributed by atoms with Crippen molar-refractivity contribution < 1.29 is 40.7 Å². The Bertz CT molecular complexity index is 1850. The fourth-order valence-corrected chi connectivity index (χ4v) is 6.99. The number of benzene rings is 4. The third kappa shape index (κ3) is 8.52. The number of amides is 1. The maximum Gasteiger partial charge on any atom is 0.416 e. The lowest BCUT2D eigenvalue weighted by molar-refractivity contribution is -0.137. The van der Waals surface area contributed by atoms with Crippen LogP contribution >= 0.6 is 11.6 Å². The van der Waals surface area contributed by atoms with Gasteiger partial charge >= 0.3 is 12.3 Å². The minimum absolute atomic E-state index is 0.0286. The predicted octanol–water partition coefficient (Wildman–Crippen LogP) is 8.88. The Morgan fingerprint density at radius 2 is 1.45 bits per heavy atom. The van der Waals surface area contributed by atoms with Crippen molar-refractivity contribution >= 4 is 39.0 Å². The smallest absolute Gasteiger partial charge is 0.416 e. The van der Waals surface area contributed by atoms with Crippen LogP contribution < -0.4 is 10.1 Å². The van der Waals surface area contributed by atoms with Crippen molar-refractivity contribution in [3.05, 3.63) is 124 Å². The molecule has 1 amide bonds. The van der Waals surface area contributed by atoms with Gasteiger partial charge < -0.3 is 9.47 Å². The van der Waals surface area contributed by atoms with Crippen LogP contribution in [0, 0.1) is 6.92 Å². The number of sulfone groups is 1. The highest BCUT2D eigenvalue weighted by Gasteiger charge is 2.44. The summed E-state index contributed by atoms with van der Waals surface area (Å²) in [6, 6.07) is 19.7. The molecule has 7 nitrogen and oxygen atoms in total. The SMILES string of the molecule is COc1ccc(C(=O)C(C(c2ccc(Cl)cc2)c2cc(C(F)(F)F)ccc2NC(=O)OC(C)(C)C)S(=O)(=O)c2ccc(C)cc2)cc1. The molecule has 0 aliphatic heterocycles. The van der Waals surface area contributed by atoms with Crippen LogP contribution in [0.5, 0.6) is 5.75 Å². The molecule has 12 heteroatoms. The molecule has 0 spiro atoms. The van der Waals surface area contributed by atoms with Gasteiger partial charge in [-0.3, -0.25) is 10.1 Å². The maximum absolute atomic E-state index is 14.6. The summed E-state index contributed by atoms with van der Waals surface area (Å²) < 4.78 is 82.4. The second-order valence-electron chi connectivity index (χ2n) is 11.8. The van der Waals surface area contributed by atoms with Gasteiger partial charge in [0.25, 0.3) is 0 Å². The van der Waals surface area contributed by atoms with Crippen LogP contribution in [-0.4, -0.2) is 38.3 Å². The van der Waals surface area contributed by atoms with Crippen LogP contribution in [-0.2, 0) is 20.8 Å². The molecule has 1 N–H and O–H groups in total. The molecule has 0 radical (unpaired) electrons.